The Bertz CT molecular complexity index is 1500. The molecular formula is C39H47N3O8. The molecule has 3 rings (SSSR count). The van der Waals surface area contributed by atoms with Crippen LogP contribution < -0.4 is 16.0 Å². The molecule has 0 spiro atoms. The topological polar surface area (TPSA) is 152 Å². The molecule has 0 radical (unpaired) electrons. The van der Waals surface area contributed by atoms with Crippen molar-refractivity contribution in [3.63, 3.8) is 0 Å². The lowest BCUT2D eigenvalue weighted by atomic mass is 9.97. The van der Waals surface area contributed by atoms with Gasteiger partial charge in [-0.15, -0.1) is 13.2 Å². The van der Waals surface area contributed by atoms with Gasteiger partial charge < -0.3 is 35.3 Å². The van der Waals surface area contributed by atoms with E-state index in [4.69, 9.17) is 14.2 Å². The summed E-state index contributed by atoms with van der Waals surface area (Å²) in [5.41, 5.74) is 2.29. The molecule has 11 nitrogen and oxygen atoms in total. The Hall–Kier alpha value is -5.26. The third kappa shape index (κ3) is 13.3. The maximum atomic E-state index is 13.7. The first-order chi connectivity index (χ1) is 24.3. The van der Waals surface area contributed by atoms with Crippen LogP contribution in [0.4, 0.5) is 4.79 Å². The van der Waals surface area contributed by atoms with E-state index in [9.17, 15) is 24.3 Å². The molecule has 0 aliphatic heterocycles. The first kappa shape index (κ1) is 39.2. The van der Waals surface area contributed by atoms with Crippen LogP contribution in [-0.4, -0.2) is 67.4 Å². The fraction of sp³-hybridized carbons (Fsp3) is 0.333. The van der Waals surface area contributed by atoms with Crippen molar-refractivity contribution in [3.05, 3.63) is 133 Å². The van der Waals surface area contributed by atoms with Crippen LogP contribution in [0.2, 0.25) is 0 Å². The van der Waals surface area contributed by atoms with Gasteiger partial charge in [0.15, 0.2) is 0 Å². The summed E-state index contributed by atoms with van der Waals surface area (Å²) in [5.74, 6) is -2.48. The second-order valence-corrected chi connectivity index (χ2v) is 11.7. The number of alkyl carbamates (subject to hydrolysis) is 1. The first-order valence-electron chi connectivity index (χ1n) is 16.5. The van der Waals surface area contributed by atoms with E-state index in [1.54, 1.807) is 48.5 Å². The number of aliphatic hydroxyl groups is 1. The Morgan fingerprint density at radius 2 is 1.40 bits per heavy atom. The van der Waals surface area contributed by atoms with Crippen LogP contribution >= 0.6 is 0 Å². The van der Waals surface area contributed by atoms with Crippen molar-refractivity contribution in [2.45, 2.75) is 56.5 Å². The van der Waals surface area contributed by atoms with E-state index in [1.165, 1.54) is 13.2 Å². The molecule has 11 heteroatoms. The van der Waals surface area contributed by atoms with E-state index in [0.29, 0.717) is 12.0 Å². The van der Waals surface area contributed by atoms with E-state index >= 15 is 0 Å². The third-order valence-corrected chi connectivity index (χ3v) is 7.77. The number of allylic oxidation sites excluding steroid dienone is 1. The Morgan fingerprint density at radius 3 is 1.98 bits per heavy atom. The SMILES string of the molecule is C=CC[C@H](CC(=O)N[C@@H](CO)Cc1ccccc1)C(=O)N[C@@H](COC)[C@@H](OC(=O)[C@@H](CC=C)NC(=O)OCc1ccccc1)c1ccccc1. The summed E-state index contributed by atoms with van der Waals surface area (Å²) in [5, 5.41) is 18.2. The molecule has 3 amide bonds. The minimum absolute atomic E-state index is 0.00863. The summed E-state index contributed by atoms with van der Waals surface area (Å²) < 4.78 is 16.7. The van der Waals surface area contributed by atoms with Crippen molar-refractivity contribution in [1.82, 2.24) is 16.0 Å². The number of amides is 3. The van der Waals surface area contributed by atoms with Gasteiger partial charge in [0, 0.05) is 13.5 Å². The second-order valence-electron chi connectivity index (χ2n) is 11.7. The summed E-state index contributed by atoms with van der Waals surface area (Å²) in [4.78, 5) is 53.0. The Labute approximate surface area is 293 Å². The van der Waals surface area contributed by atoms with Gasteiger partial charge in [-0.25, -0.2) is 9.59 Å². The molecule has 0 unspecified atom stereocenters. The summed E-state index contributed by atoms with van der Waals surface area (Å²) in [6.45, 7) is 7.14. The zero-order valence-corrected chi connectivity index (χ0v) is 28.4. The molecule has 0 bridgehead atoms. The highest BCUT2D eigenvalue weighted by molar-refractivity contribution is 5.86. The third-order valence-electron chi connectivity index (χ3n) is 7.77. The number of nitrogens with one attached hydrogen (secondary N) is 3. The molecular weight excluding hydrogens is 638 g/mol. The van der Waals surface area contributed by atoms with Crippen LogP contribution in [0.5, 0.6) is 0 Å². The van der Waals surface area contributed by atoms with Crippen molar-refractivity contribution in [2.24, 2.45) is 5.92 Å². The molecule has 50 heavy (non-hydrogen) atoms. The number of methoxy groups -OCH3 is 1. The van der Waals surface area contributed by atoms with Gasteiger partial charge in [0.05, 0.1) is 31.2 Å². The van der Waals surface area contributed by atoms with Gasteiger partial charge in [-0.2, -0.15) is 0 Å². The maximum absolute atomic E-state index is 13.7. The van der Waals surface area contributed by atoms with Gasteiger partial charge >= 0.3 is 12.1 Å². The monoisotopic (exact) mass is 685 g/mol. The van der Waals surface area contributed by atoms with Gasteiger partial charge in [0.25, 0.3) is 0 Å². The Balaban J connectivity index is 1.74. The summed E-state index contributed by atoms with van der Waals surface area (Å²) in [6.07, 6.45) is 1.67. The van der Waals surface area contributed by atoms with Crippen LogP contribution in [0, 0.1) is 5.92 Å². The van der Waals surface area contributed by atoms with Crippen LogP contribution in [0.3, 0.4) is 0 Å². The lowest BCUT2D eigenvalue weighted by Gasteiger charge is -2.30. The number of ether oxygens (including phenoxy) is 3. The van der Waals surface area contributed by atoms with E-state index in [2.05, 4.69) is 29.1 Å². The molecule has 0 aliphatic carbocycles. The molecule has 3 aromatic carbocycles. The van der Waals surface area contributed by atoms with Crippen LogP contribution in [0.25, 0.3) is 0 Å². The van der Waals surface area contributed by atoms with Crippen molar-refractivity contribution in [2.75, 3.05) is 20.3 Å². The average Bonchev–Trinajstić information content (AvgIpc) is 3.13. The van der Waals surface area contributed by atoms with Gasteiger partial charge in [-0.1, -0.05) is 103 Å². The predicted octanol–water partition coefficient (Wildman–Crippen LogP) is 4.58. The van der Waals surface area contributed by atoms with Gasteiger partial charge in [0.1, 0.15) is 18.8 Å². The van der Waals surface area contributed by atoms with Crippen LogP contribution in [0.15, 0.2) is 116 Å². The maximum Gasteiger partial charge on any atom is 0.408 e. The minimum Gasteiger partial charge on any atom is -0.454 e. The van der Waals surface area contributed by atoms with E-state index < -0.39 is 54.0 Å². The highest BCUT2D eigenvalue weighted by atomic mass is 16.6. The van der Waals surface area contributed by atoms with Gasteiger partial charge in [-0.3, -0.25) is 9.59 Å². The highest BCUT2D eigenvalue weighted by Crippen LogP contribution is 2.24. The van der Waals surface area contributed by atoms with Crippen molar-refractivity contribution >= 4 is 23.9 Å². The Morgan fingerprint density at radius 1 is 0.800 bits per heavy atom. The molecule has 0 aliphatic rings. The van der Waals surface area contributed by atoms with Crippen LogP contribution in [-0.2, 0) is 41.6 Å². The molecule has 0 saturated carbocycles. The summed E-state index contributed by atoms with van der Waals surface area (Å²) in [6, 6.07) is 24.8. The second kappa shape index (κ2) is 21.7. The molecule has 0 fully saturated rings. The first-order valence-corrected chi connectivity index (χ1v) is 16.5. The smallest absolute Gasteiger partial charge is 0.408 e. The molecule has 5 atom stereocenters. The largest absolute Gasteiger partial charge is 0.454 e. The lowest BCUT2D eigenvalue weighted by Crippen LogP contribution is -2.49. The number of benzene rings is 3. The number of esters is 1. The number of hydrogen-bond acceptors (Lipinski definition) is 8. The quantitative estimate of drug-likeness (QED) is 0.0940. The number of aliphatic hydroxyl groups excluding tert-OH is 1. The number of carbonyl (C=O) groups is 4. The van der Waals surface area contributed by atoms with Crippen molar-refractivity contribution in [1.29, 1.82) is 0 Å². The van der Waals surface area contributed by atoms with Crippen LogP contribution in [0.1, 0.15) is 42.1 Å². The molecule has 0 heterocycles. The molecule has 0 aromatic heterocycles. The molecule has 4 N–H and O–H groups in total. The molecule has 0 saturated heterocycles. The normalized spacial score (nSPS) is 13.7. The summed E-state index contributed by atoms with van der Waals surface area (Å²) in [7, 11) is 1.45. The zero-order valence-electron chi connectivity index (χ0n) is 28.4. The van der Waals surface area contributed by atoms with Crippen molar-refractivity contribution in [3.8, 4) is 0 Å². The number of carbonyl (C=O) groups excluding carboxylic acids is 4. The fourth-order valence-electron chi connectivity index (χ4n) is 5.26. The molecule has 3 aromatic rings. The average molecular weight is 686 g/mol. The fourth-order valence-corrected chi connectivity index (χ4v) is 5.26. The standard InChI is InChI=1S/C39H47N3O8/c1-4-15-31(24-35(44)40-32(25-43)23-28-17-9-6-10-18-28)37(45)41-34(27-48-3)36(30-21-13-8-14-22-30)50-38(46)33(16-5-2)42-39(47)49-26-29-19-11-7-12-20-29/h4-14,17-22,31-34,36,43H,1-2,15-16,23-27H2,3H3,(H,40,44)(H,41,45)(H,42,47)/t31-,32-,33-,34+,36+/m1/s1. The number of hydrogen-bond donors (Lipinski definition) is 4. The van der Waals surface area contributed by atoms with Gasteiger partial charge in [0.2, 0.25) is 11.8 Å². The van der Waals surface area contributed by atoms with E-state index in [1.807, 2.05) is 48.5 Å². The lowest BCUT2D eigenvalue weighted by molar-refractivity contribution is -0.155. The zero-order chi connectivity index (χ0) is 36.1. The Kier molecular flexibility index (Phi) is 17.0. The van der Waals surface area contributed by atoms with E-state index in [-0.39, 0.29) is 39.1 Å². The predicted molar refractivity (Wildman–Crippen MR) is 190 cm³/mol. The van der Waals surface area contributed by atoms with Crippen molar-refractivity contribution < 1.29 is 38.5 Å². The highest BCUT2D eigenvalue weighted by Gasteiger charge is 2.34. The minimum atomic E-state index is -1.13. The summed E-state index contributed by atoms with van der Waals surface area (Å²) >= 11 is 0. The van der Waals surface area contributed by atoms with E-state index in [0.717, 1.165) is 11.1 Å². The number of rotatable bonds is 21. The van der Waals surface area contributed by atoms with Gasteiger partial charge in [-0.05, 0) is 36.0 Å². The molecule has 266 valence electrons.